The van der Waals surface area contributed by atoms with Gasteiger partial charge in [-0.05, 0) is 0 Å². The minimum atomic E-state index is -2.50. The van der Waals surface area contributed by atoms with E-state index in [0.717, 1.165) is 0 Å². The smallest absolute Gasteiger partial charge is 0.224 e. The number of aliphatic hydroxyl groups is 20. The summed E-state index contributed by atoms with van der Waals surface area (Å²) in [5.74, 6) is -2.50. The van der Waals surface area contributed by atoms with Gasteiger partial charge in [-0.1, -0.05) is 0 Å². The molecule has 67 heavy (non-hydrogen) atoms. The quantitative estimate of drug-likeness (QED) is 0.0643. The lowest BCUT2D eigenvalue weighted by Gasteiger charge is -2.45. The van der Waals surface area contributed by atoms with E-state index in [2.05, 4.69) is 0 Å². The van der Waals surface area contributed by atoms with Gasteiger partial charge in [-0.2, -0.15) is 0 Å². The minimum Gasteiger partial charge on any atom is -0.394 e. The Morgan fingerprint density at radius 1 is 0.299 bits per heavy atom. The molecule has 6 saturated heterocycles. The van der Waals surface area contributed by atoms with Gasteiger partial charge >= 0.3 is 0 Å². The Morgan fingerprint density at radius 3 is 0.851 bits per heavy atom. The third-order valence-electron chi connectivity index (χ3n) is 12.4. The lowest BCUT2D eigenvalue weighted by atomic mass is 9.97. The molecular weight excluding hydrogens is 928 g/mol. The van der Waals surface area contributed by atoms with Crippen LogP contribution in [0.15, 0.2) is 0 Å². The molecule has 6 rings (SSSR count). The summed E-state index contributed by atoms with van der Waals surface area (Å²) in [6, 6.07) is 0. The van der Waals surface area contributed by atoms with Crippen LogP contribution in [0, 0.1) is 0 Å². The van der Waals surface area contributed by atoms with Gasteiger partial charge < -0.3 is 154 Å². The van der Waals surface area contributed by atoms with Crippen molar-refractivity contribution >= 4 is 0 Å². The lowest BCUT2D eigenvalue weighted by Crippen LogP contribution is -2.64. The summed E-state index contributed by atoms with van der Waals surface area (Å²) < 4.78 is 60.1. The number of aliphatic hydroxyl groups excluding tert-OH is 20. The van der Waals surface area contributed by atoms with Crippen molar-refractivity contribution < 1.29 is 154 Å². The molecule has 0 aromatic heterocycles. The van der Waals surface area contributed by atoms with E-state index in [9.17, 15) is 102 Å². The van der Waals surface area contributed by atoms with Crippen LogP contribution in [0.4, 0.5) is 0 Å². The second-order valence-electron chi connectivity index (χ2n) is 17.0. The monoisotopic (exact) mass is 990 g/mol. The molecule has 0 radical (unpaired) electrons. The van der Waals surface area contributed by atoms with Crippen molar-refractivity contribution in [3.8, 4) is 0 Å². The predicted molar refractivity (Wildman–Crippen MR) is 199 cm³/mol. The third kappa shape index (κ3) is 11.4. The van der Waals surface area contributed by atoms with E-state index in [4.69, 9.17) is 52.1 Å². The zero-order valence-electron chi connectivity index (χ0n) is 35.1. The maximum absolute atomic E-state index is 10.7. The molecule has 0 bridgehead atoms. The Morgan fingerprint density at radius 2 is 0.567 bits per heavy atom. The molecule has 0 spiro atoms. The second-order valence-corrected chi connectivity index (χ2v) is 17.0. The van der Waals surface area contributed by atoms with E-state index in [1.165, 1.54) is 0 Å². The van der Waals surface area contributed by atoms with Crippen molar-refractivity contribution in [2.75, 3.05) is 46.2 Å². The van der Waals surface area contributed by atoms with Gasteiger partial charge in [-0.25, -0.2) is 0 Å². The Balaban J connectivity index is 1.03. The fraction of sp³-hybridized carbons (Fsp3) is 1.00. The number of hydrogen-bond donors (Lipinski definition) is 20. The highest BCUT2D eigenvalue weighted by Crippen LogP contribution is 2.37. The molecule has 0 aliphatic carbocycles. The fourth-order valence-corrected chi connectivity index (χ4v) is 8.16. The summed E-state index contributed by atoms with van der Waals surface area (Å²) in [6.45, 7) is -5.90. The van der Waals surface area contributed by atoms with Gasteiger partial charge in [0, 0.05) is 0 Å². The maximum atomic E-state index is 10.7. The summed E-state index contributed by atoms with van der Waals surface area (Å²) in [5.41, 5.74) is 0. The Kier molecular flexibility index (Phi) is 19.0. The fourth-order valence-electron chi connectivity index (χ4n) is 8.16. The minimum absolute atomic E-state index is 0.699. The molecule has 29 atom stereocenters. The lowest BCUT2D eigenvalue weighted by molar-refractivity contribution is -0.388. The van der Waals surface area contributed by atoms with Crippen molar-refractivity contribution in [2.45, 2.75) is 178 Å². The largest absolute Gasteiger partial charge is 0.394 e. The maximum Gasteiger partial charge on any atom is 0.224 e. The average molecular weight is 991 g/mol. The van der Waals surface area contributed by atoms with E-state index in [1.54, 1.807) is 0 Å². The van der Waals surface area contributed by atoms with Crippen LogP contribution in [0.25, 0.3) is 0 Å². The predicted octanol–water partition coefficient (Wildman–Crippen LogP) is -14.1. The molecule has 6 aliphatic rings. The number of ether oxygens (including phenoxy) is 11. The molecule has 20 N–H and O–H groups in total. The van der Waals surface area contributed by atoms with Gasteiger partial charge in [0.1, 0.15) is 147 Å². The molecule has 6 aliphatic heterocycles. The topological polar surface area (TPSA) is 506 Å². The average Bonchev–Trinajstić information content (AvgIpc) is 3.56. The SMILES string of the molecule is OCC1OC(OCC2OC(OCC3OC(OCC4OC(OCC5OC(OC6(CO)OC(CO)C(O)C6O)C(O)C(O)C5O)C(O)C(O)C4O)C(O)C(O)C3O)C(O)C(O)C2O)C(O)C(O)C1O. The van der Waals surface area contributed by atoms with Crippen LogP contribution in [0.2, 0.25) is 0 Å². The van der Waals surface area contributed by atoms with Crippen molar-refractivity contribution in [3.05, 3.63) is 0 Å². The first kappa shape index (κ1) is 55.1. The van der Waals surface area contributed by atoms with Gasteiger partial charge in [-0.15, -0.1) is 0 Å². The van der Waals surface area contributed by atoms with E-state index >= 15 is 0 Å². The summed E-state index contributed by atoms with van der Waals surface area (Å²) in [5, 5.41) is 207. The highest BCUT2D eigenvalue weighted by Gasteiger charge is 2.59. The van der Waals surface area contributed by atoms with Crippen molar-refractivity contribution in [3.63, 3.8) is 0 Å². The highest BCUT2D eigenvalue weighted by atomic mass is 16.8. The standard InChI is InChI=1S/C36H62O31/c37-1-8-14(40)20(46)25(51)31(61-8)57-3-10-15(41)21(47)26(52)32(62-10)58-4-11-16(42)22(48)27(53)33(63-11)59-5-12-17(43)23(49)28(54)34(64-12)60-6-13-18(44)24(50)29(55)35(65-13)67-36(7-39)30(56)19(45)9(2-38)66-36/h8-35,37-56H,1-7H2. The van der Waals surface area contributed by atoms with Gasteiger partial charge in [0.25, 0.3) is 0 Å². The van der Waals surface area contributed by atoms with Gasteiger partial charge in [0.2, 0.25) is 5.79 Å². The summed E-state index contributed by atoms with van der Waals surface area (Å²) >= 11 is 0. The normalized spacial score (nSPS) is 53.2. The van der Waals surface area contributed by atoms with Crippen LogP contribution < -0.4 is 0 Å². The van der Waals surface area contributed by atoms with E-state index in [1.807, 2.05) is 0 Å². The zero-order valence-corrected chi connectivity index (χ0v) is 35.1. The molecule has 31 nitrogen and oxygen atoms in total. The van der Waals surface area contributed by atoms with Crippen LogP contribution in [0.5, 0.6) is 0 Å². The Labute approximate surface area is 378 Å². The molecule has 0 saturated carbocycles. The van der Waals surface area contributed by atoms with Crippen LogP contribution in [0.1, 0.15) is 0 Å². The van der Waals surface area contributed by atoms with Gasteiger partial charge in [0.05, 0.1) is 39.6 Å². The van der Waals surface area contributed by atoms with Crippen LogP contribution in [0.3, 0.4) is 0 Å². The second kappa shape index (κ2) is 23.1. The van der Waals surface area contributed by atoms with E-state index < -0.39 is 224 Å². The van der Waals surface area contributed by atoms with Crippen LogP contribution >= 0.6 is 0 Å². The van der Waals surface area contributed by atoms with Crippen molar-refractivity contribution in [1.82, 2.24) is 0 Å². The molecular formula is C36H62O31. The summed E-state index contributed by atoms with van der Waals surface area (Å²) in [6.07, 6.45) is -51.4. The van der Waals surface area contributed by atoms with Crippen molar-refractivity contribution in [1.29, 1.82) is 0 Å². The van der Waals surface area contributed by atoms with Gasteiger partial charge in [0.15, 0.2) is 31.5 Å². The Bertz CT molecular complexity index is 1520. The molecule has 31 heteroatoms. The third-order valence-corrected chi connectivity index (χ3v) is 12.4. The highest BCUT2D eigenvalue weighted by molar-refractivity contribution is 4.99. The van der Waals surface area contributed by atoms with Crippen LogP contribution in [-0.4, -0.2) is 326 Å². The molecule has 392 valence electrons. The first-order valence-electron chi connectivity index (χ1n) is 21.1. The zero-order chi connectivity index (χ0) is 49.4. The molecule has 0 amide bonds. The van der Waals surface area contributed by atoms with Gasteiger partial charge in [-0.3, -0.25) is 0 Å². The number of hydrogen-bond acceptors (Lipinski definition) is 31. The number of rotatable bonds is 17. The first-order valence-corrected chi connectivity index (χ1v) is 21.1. The summed E-state index contributed by atoms with van der Waals surface area (Å²) in [4.78, 5) is 0. The van der Waals surface area contributed by atoms with Crippen molar-refractivity contribution in [2.24, 2.45) is 0 Å². The molecule has 0 aromatic carbocycles. The first-order chi connectivity index (χ1) is 31.6. The Hall–Kier alpha value is -1.24. The molecule has 6 heterocycles. The van der Waals surface area contributed by atoms with Crippen LogP contribution in [-0.2, 0) is 52.1 Å². The van der Waals surface area contributed by atoms with E-state index in [0.29, 0.717) is 0 Å². The molecule has 0 aromatic rings. The summed E-state index contributed by atoms with van der Waals surface area (Å²) in [7, 11) is 0. The molecule has 29 unspecified atom stereocenters. The molecule has 6 fully saturated rings. The van der Waals surface area contributed by atoms with E-state index in [-0.39, 0.29) is 0 Å².